The van der Waals surface area contributed by atoms with Crippen LogP contribution < -0.4 is 20.5 Å². The van der Waals surface area contributed by atoms with Gasteiger partial charge in [0.2, 0.25) is 0 Å². The number of anilines is 2. The lowest BCUT2D eigenvalue weighted by Crippen LogP contribution is -2.15. The molecule has 176 valence electrons. The van der Waals surface area contributed by atoms with Gasteiger partial charge in [-0.15, -0.1) is 0 Å². The topological polar surface area (TPSA) is 117 Å². The number of nitrogen functional groups attached to an aromatic ring is 1. The summed E-state index contributed by atoms with van der Waals surface area (Å²) in [5, 5.41) is 3.61. The fraction of sp³-hybridized carbons (Fsp3) is 0.429. The van der Waals surface area contributed by atoms with E-state index in [0.29, 0.717) is 65.8 Å². The van der Waals surface area contributed by atoms with E-state index in [4.69, 9.17) is 19.9 Å². The van der Waals surface area contributed by atoms with Gasteiger partial charge < -0.3 is 25.3 Å². The number of rotatable bonds is 7. The Morgan fingerprint density at radius 3 is 2.67 bits per heavy atom. The van der Waals surface area contributed by atoms with Crippen LogP contribution in [0.5, 0.6) is 11.5 Å². The number of hydrogen-bond donors (Lipinski definition) is 2. The van der Waals surface area contributed by atoms with Crippen LogP contribution in [-0.2, 0) is 17.5 Å². The van der Waals surface area contributed by atoms with Crippen LogP contribution in [0.2, 0.25) is 0 Å². The summed E-state index contributed by atoms with van der Waals surface area (Å²) in [5.74, 6) is 1.79. The number of benzene rings is 1. The van der Waals surface area contributed by atoms with E-state index >= 15 is 0 Å². The van der Waals surface area contributed by atoms with Gasteiger partial charge in [-0.3, -0.25) is 0 Å². The van der Waals surface area contributed by atoms with Crippen LogP contribution in [0.4, 0.5) is 24.8 Å². The fourth-order valence-corrected chi connectivity index (χ4v) is 3.49. The lowest BCUT2D eigenvalue weighted by Gasteiger charge is -2.16. The standard InChI is InChI=1S/C21H23F3N6O3/c1-11-27-14-6-15(31-2)16(33-10-12-3-4-32-9-12)5-13(14)20(28-11)26-8-19-29-17(21(22,23)24)7-18(25)30-19/h5-7,12H,3-4,8-10H2,1-2H3,(H2,25,29,30)(H,26,27,28)/t12-/m0/s1. The van der Waals surface area contributed by atoms with E-state index < -0.39 is 11.9 Å². The Hall–Kier alpha value is -3.41. The van der Waals surface area contributed by atoms with Crippen molar-refractivity contribution in [2.75, 3.05) is 38.0 Å². The van der Waals surface area contributed by atoms with Crippen molar-refractivity contribution in [3.05, 3.63) is 35.5 Å². The Morgan fingerprint density at radius 2 is 1.97 bits per heavy atom. The van der Waals surface area contributed by atoms with Gasteiger partial charge in [0.25, 0.3) is 0 Å². The number of halogens is 3. The number of aromatic nitrogens is 4. The first-order valence-corrected chi connectivity index (χ1v) is 10.2. The Kier molecular flexibility index (Phi) is 6.36. The van der Waals surface area contributed by atoms with E-state index in [0.717, 1.165) is 6.42 Å². The second-order valence-electron chi connectivity index (χ2n) is 7.63. The smallest absolute Gasteiger partial charge is 0.433 e. The van der Waals surface area contributed by atoms with Gasteiger partial charge in [0.1, 0.15) is 29.0 Å². The Labute approximate surface area is 187 Å². The van der Waals surface area contributed by atoms with Gasteiger partial charge in [-0.1, -0.05) is 0 Å². The summed E-state index contributed by atoms with van der Waals surface area (Å²) in [6.07, 6.45) is -3.71. The number of alkyl halides is 3. The summed E-state index contributed by atoms with van der Waals surface area (Å²) in [6, 6.07) is 4.17. The number of hydrogen-bond acceptors (Lipinski definition) is 9. The van der Waals surface area contributed by atoms with Crippen molar-refractivity contribution in [2.45, 2.75) is 26.1 Å². The Bertz CT molecular complexity index is 1150. The molecule has 1 fully saturated rings. The highest BCUT2D eigenvalue weighted by Gasteiger charge is 2.33. The normalized spacial score (nSPS) is 16.2. The number of fused-ring (bicyclic) bond motifs is 1. The highest BCUT2D eigenvalue weighted by Crippen LogP contribution is 2.35. The van der Waals surface area contributed by atoms with E-state index in [1.54, 1.807) is 19.1 Å². The summed E-state index contributed by atoms with van der Waals surface area (Å²) in [7, 11) is 1.54. The summed E-state index contributed by atoms with van der Waals surface area (Å²) in [4.78, 5) is 16.3. The second kappa shape index (κ2) is 9.22. The molecule has 0 radical (unpaired) electrons. The lowest BCUT2D eigenvalue weighted by atomic mass is 10.1. The van der Waals surface area contributed by atoms with Crippen LogP contribution in [0.15, 0.2) is 18.2 Å². The zero-order valence-corrected chi connectivity index (χ0v) is 18.1. The van der Waals surface area contributed by atoms with Gasteiger partial charge in [0.05, 0.1) is 32.4 Å². The maximum atomic E-state index is 13.1. The molecule has 0 unspecified atom stereocenters. The predicted molar refractivity (Wildman–Crippen MR) is 114 cm³/mol. The van der Waals surface area contributed by atoms with E-state index in [-0.39, 0.29) is 18.2 Å². The summed E-state index contributed by atoms with van der Waals surface area (Å²) >= 11 is 0. The third kappa shape index (κ3) is 5.33. The molecule has 9 nitrogen and oxygen atoms in total. The lowest BCUT2D eigenvalue weighted by molar-refractivity contribution is -0.141. The molecule has 0 aliphatic carbocycles. The highest BCUT2D eigenvalue weighted by atomic mass is 19.4. The zero-order chi connectivity index (χ0) is 23.6. The molecule has 12 heteroatoms. The molecule has 1 atom stereocenters. The van der Waals surface area contributed by atoms with Gasteiger partial charge in [-0.05, 0) is 19.4 Å². The van der Waals surface area contributed by atoms with Crippen molar-refractivity contribution in [3.63, 3.8) is 0 Å². The number of nitrogens with zero attached hydrogens (tertiary/aromatic N) is 4. The van der Waals surface area contributed by atoms with Crippen molar-refractivity contribution in [1.82, 2.24) is 19.9 Å². The third-order valence-electron chi connectivity index (χ3n) is 5.09. The average Bonchev–Trinajstić information content (AvgIpc) is 3.28. The minimum Gasteiger partial charge on any atom is -0.493 e. The number of methoxy groups -OCH3 is 1. The zero-order valence-electron chi connectivity index (χ0n) is 18.1. The molecular weight excluding hydrogens is 441 g/mol. The maximum Gasteiger partial charge on any atom is 0.433 e. The quantitative estimate of drug-likeness (QED) is 0.543. The molecule has 0 spiro atoms. The number of nitrogens with two attached hydrogens (primary N) is 1. The summed E-state index contributed by atoms with van der Waals surface area (Å²) < 4.78 is 56.0. The van der Waals surface area contributed by atoms with Gasteiger partial charge >= 0.3 is 6.18 Å². The molecule has 0 amide bonds. The Balaban J connectivity index is 1.62. The highest BCUT2D eigenvalue weighted by molar-refractivity contribution is 5.91. The van der Waals surface area contributed by atoms with Crippen molar-refractivity contribution in [1.29, 1.82) is 0 Å². The molecule has 1 aromatic carbocycles. The molecule has 1 saturated heterocycles. The molecular formula is C21H23F3N6O3. The second-order valence-corrected chi connectivity index (χ2v) is 7.63. The van der Waals surface area contributed by atoms with E-state index in [1.165, 1.54) is 7.11 Å². The summed E-state index contributed by atoms with van der Waals surface area (Å²) in [6.45, 7) is 3.41. The number of nitrogens with one attached hydrogen (secondary N) is 1. The maximum absolute atomic E-state index is 13.1. The largest absolute Gasteiger partial charge is 0.493 e. The number of ether oxygens (including phenoxy) is 3. The van der Waals surface area contributed by atoms with Crippen LogP contribution >= 0.6 is 0 Å². The fourth-order valence-electron chi connectivity index (χ4n) is 3.49. The molecule has 4 rings (SSSR count). The van der Waals surface area contributed by atoms with Crippen LogP contribution in [0.1, 0.15) is 23.8 Å². The van der Waals surface area contributed by atoms with E-state index in [1.807, 2.05) is 0 Å². The first-order chi connectivity index (χ1) is 15.7. The molecule has 3 N–H and O–H groups in total. The monoisotopic (exact) mass is 464 g/mol. The predicted octanol–water partition coefficient (Wildman–Crippen LogP) is 3.37. The molecule has 2 aromatic heterocycles. The molecule has 3 heterocycles. The van der Waals surface area contributed by atoms with Crippen molar-refractivity contribution in [3.8, 4) is 11.5 Å². The SMILES string of the molecule is COc1cc2nc(C)nc(NCc3nc(N)cc(C(F)(F)F)n3)c2cc1OC[C@H]1CCOC1. The van der Waals surface area contributed by atoms with Crippen LogP contribution in [0.3, 0.4) is 0 Å². The van der Waals surface area contributed by atoms with Gasteiger partial charge in [0.15, 0.2) is 11.5 Å². The van der Waals surface area contributed by atoms with Crippen LogP contribution in [0.25, 0.3) is 10.9 Å². The number of aryl methyl sites for hydroxylation is 1. The molecule has 0 bridgehead atoms. The van der Waals surface area contributed by atoms with Gasteiger partial charge in [-0.2, -0.15) is 13.2 Å². The minimum atomic E-state index is -4.63. The van der Waals surface area contributed by atoms with Crippen molar-refractivity contribution < 1.29 is 27.4 Å². The molecule has 33 heavy (non-hydrogen) atoms. The molecule has 3 aromatic rings. The van der Waals surface area contributed by atoms with Gasteiger partial charge in [0, 0.05) is 30.0 Å². The van der Waals surface area contributed by atoms with E-state index in [9.17, 15) is 13.2 Å². The Morgan fingerprint density at radius 1 is 1.15 bits per heavy atom. The molecule has 1 aliphatic heterocycles. The average molecular weight is 464 g/mol. The third-order valence-corrected chi connectivity index (χ3v) is 5.09. The first kappa shape index (κ1) is 22.8. The van der Waals surface area contributed by atoms with Crippen molar-refractivity contribution >= 4 is 22.5 Å². The van der Waals surface area contributed by atoms with Crippen LogP contribution in [0, 0.1) is 12.8 Å². The van der Waals surface area contributed by atoms with E-state index in [2.05, 4.69) is 25.3 Å². The van der Waals surface area contributed by atoms with Crippen molar-refractivity contribution in [2.24, 2.45) is 5.92 Å². The molecule has 1 aliphatic rings. The first-order valence-electron chi connectivity index (χ1n) is 10.2. The van der Waals surface area contributed by atoms with Gasteiger partial charge in [-0.25, -0.2) is 19.9 Å². The minimum absolute atomic E-state index is 0.113. The van der Waals surface area contributed by atoms with Crippen LogP contribution in [-0.4, -0.2) is 46.9 Å². The molecule has 0 saturated carbocycles. The summed E-state index contributed by atoms with van der Waals surface area (Å²) in [5.41, 5.74) is 5.01.